The number of hydrogen-bond donors (Lipinski definition) is 2. The van der Waals surface area contributed by atoms with E-state index in [1.165, 1.54) is 0 Å². The lowest BCUT2D eigenvalue weighted by Crippen LogP contribution is -2.31. The van der Waals surface area contributed by atoms with Crippen LogP contribution in [0.1, 0.15) is 33.3 Å². The first-order valence-corrected chi connectivity index (χ1v) is 7.02. The molecule has 0 radical (unpaired) electrons. The molecule has 0 saturated heterocycles. The maximum absolute atomic E-state index is 11.1. The molecule has 0 saturated carbocycles. The number of rotatable bonds is 8. The standard InChI is InChI=1S/C16H25NO4/c1-11(2)17-9-12-6-7-13(20-5)8-14(12)21-10-16(3,4)15(18)19/h6-8,11,17H,9-10H2,1-5H3,(H,18,19). The summed E-state index contributed by atoms with van der Waals surface area (Å²) in [5.74, 6) is 0.454. The molecule has 0 spiro atoms. The molecule has 0 aliphatic rings. The van der Waals surface area contributed by atoms with E-state index in [1.807, 2.05) is 12.1 Å². The van der Waals surface area contributed by atoms with Crippen molar-refractivity contribution in [3.63, 3.8) is 0 Å². The van der Waals surface area contributed by atoms with Crippen LogP contribution in [0.15, 0.2) is 18.2 Å². The average molecular weight is 295 g/mol. The summed E-state index contributed by atoms with van der Waals surface area (Å²) in [5.41, 5.74) is 0.0388. The second-order valence-corrected chi connectivity index (χ2v) is 5.99. The lowest BCUT2D eigenvalue weighted by atomic mass is 9.95. The fraction of sp³-hybridized carbons (Fsp3) is 0.562. The molecule has 0 amide bonds. The molecule has 1 aromatic carbocycles. The van der Waals surface area contributed by atoms with Gasteiger partial charge in [-0.25, -0.2) is 0 Å². The fourth-order valence-electron chi connectivity index (χ4n) is 1.58. The number of hydrogen-bond acceptors (Lipinski definition) is 4. The smallest absolute Gasteiger partial charge is 0.312 e. The summed E-state index contributed by atoms with van der Waals surface area (Å²) >= 11 is 0. The molecule has 0 unspecified atom stereocenters. The van der Waals surface area contributed by atoms with Gasteiger partial charge in [-0.2, -0.15) is 0 Å². The Morgan fingerprint density at radius 2 is 2.05 bits per heavy atom. The normalized spacial score (nSPS) is 11.5. The number of methoxy groups -OCH3 is 1. The molecule has 0 atom stereocenters. The van der Waals surface area contributed by atoms with Gasteiger partial charge in [-0.05, 0) is 19.9 Å². The zero-order chi connectivity index (χ0) is 16.0. The molecule has 0 bridgehead atoms. The molecule has 0 fully saturated rings. The molecule has 1 aromatic rings. The van der Waals surface area contributed by atoms with E-state index in [1.54, 1.807) is 27.0 Å². The van der Waals surface area contributed by atoms with Crippen molar-refractivity contribution in [3.05, 3.63) is 23.8 Å². The highest BCUT2D eigenvalue weighted by Gasteiger charge is 2.28. The molecule has 0 heterocycles. The van der Waals surface area contributed by atoms with E-state index in [4.69, 9.17) is 14.6 Å². The van der Waals surface area contributed by atoms with Crippen LogP contribution in [0.2, 0.25) is 0 Å². The Morgan fingerprint density at radius 1 is 1.38 bits per heavy atom. The Kier molecular flexibility index (Phi) is 6.03. The summed E-state index contributed by atoms with van der Waals surface area (Å²) in [7, 11) is 1.59. The summed E-state index contributed by atoms with van der Waals surface area (Å²) < 4.78 is 10.9. The fourth-order valence-corrected chi connectivity index (χ4v) is 1.58. The first-order chi connectivity index (χ1) is 9.76. The van der Waals surface area contributed by atoms with E-state index in [2.05, 4.69) is 19.2 Å². The largest absolute Gasteiger partial charge is 0.497 e. The number of aliphatic carboxylic acids is 1. The monoisotopic (exact) mass is 295 g/mol. The van der Waals surface area contributed by atoms with Crippen molar-refractivity contribution in [3.8, 4) is 11.5 Å². The minimum Gasteiger partial charge on any atom is -0.497 e. The maximum Gasteiger partial charge on any atom is 0.312 e. The van der Waals surface area contributed by atoms with Gasteiger partial charge in [0.25, 0.3) is 0 Å². The number of ether oxygens (including phenoxy) is 2. The van der Waals surface area contributed by atoms with E-state index in [-0.39, 0.29) is 6.61 Å². The van der Waals surface area contributed by atoms with E-state index in [9.17, 15) is 4.79 Å². The third kappa shape index (κ3) is 5.27. The van der Waals surface area contributed by atoms with Crippen LogP contribution in [0.4, 0.5) is 0 Å². The number of benzene rings is 1. The Labute approximate surface area is 126 Å². The van der Waals surface area contributed by atoms with Gasteiger partial charge in [-0.1, -0.05) is 19.9 Å². The van der Waals surface area contributed by atoms with Gasteiger partial charge in [0.2, 0.25) is 0 Å². The minimum absolute atomic E-state index is 0.101. The quantitative estimate of drug-likeness (QED) is 0.772. The van der Waals surface area contributed by atoms with Crippen LogP contribution in [0.25, 0.3) is 0 Å². The third-order valence-electron chi connectivity index (χ3n) is 3.14. The number of carboxylic acid groups (broad SMARTS) is 1. The summed E-state index contributed by atoms with van der Waals surface area (Å²) in [5, 5.41) is 12.5. The van der Waals surface area contributed by atoms with Crippen LogP contribution in [-0.2, 0) is 11.3 Å². The molecule has 0 aromatic heterocycles. The van der Waals surface area contributed by atoms with Crippen LogP contribution in [-0.4, -0.2) is 30.8 Å². The van der Waals surface area contributed by atoms with Gasteiger partial charge in [0.1, 0.15) is 18.1 Å². The van der Waals surface area contributed by atoms with Gasteiger partial charge in [-0.15, -0.1) is 0 Å². The first kappa shape index (κ1) is 17.3. The summed E-state index contributed by atoms with van der Waals surface area (Å²) in [6, 6.07) is 5.94. The van der Waals surface area contributed by atoms with Crippen LogP contribution in [0.5, 0.6) is 11.5 Å². The second-order valence-electron chi connectivity index (χ2n) is 5.99. The molecular weight excluding hydrogens is 270 g/mol. The van der Waals surface area contributed by atoms with Crippen molar-refractivity contribution in [2.24, 2.45) is 5.41 Å². The Morgan fingerprint density at radius 3 is 2.57 bits per heavy atom. The third-order valence-corrected chi connectivity index (χ3v) is 3.14. The highest BCUT2D eigenvalue weighted by molar-refractivity contribution is 5.73. The van der Waals surface area contributed by atoms with Crippen LogP contribution < -0.4 is 14.8 Å². The van der Waals surface area contributed by atoms with Gasteiger partial charge in [0.15, 0.2) is 0 Å². The SMILES string of the molecule is COc1ccc(CNC(C)C)c(OCC(C)(C)C(=O)O)c1. The van der Waals surface area contributed by atoms with Crippen LogP contribution in [0, 0.1) is 5.41 Å². The van der Waals surface area contributed by atoms with Crippen LogP contribution in [0.3, 0.4) is 0 Å². The Balaban J connectivity index is 2.88. The van der Waals surface area contributed by atoms with E-state index in [0.29, 0.717) is 24.1 Å². The average Bonchev–Trinajstić information content (AvgIpc) is 2.43. The van der Waals surface area contributed by atoms with Crippen molar-refractivity contribution >= 4 is 5.97 Å². The summed E-state index contributed by atoms with van der Waals surface area (Å²) in [6.45, 7) is 8.17. The van der Waals surface area contributed by atoms with E-state index < -0.39 is 11.4 Å². The number of nitrogens with one attached hydrogen (secondary N) is 1. The van der Waals surface area contributed by atoms with Gasteiger partial charge < -0.3 is 19.9 Å². The van der Waals surface area contributed by atoms with Crippen molar-refractivity contribution in [1.82, 2.24) is 5.32 Å². The first-order valence-electron chi connectivity index (χ1n) is 7.02. The predicted molar refractivity (Wildman–Crippen MR) is 81.9 cm³/mol. The van der Waals surface area contributed by atoms with Crippen molar-refractivity contribution in [2.75, 3.05) is 13.7 Å². The molecule has 118 valence electrons. The predicted octanol–water partition coefficient (Wildman–Crippen LogP) is 2.68. The van der Waals surface area contributed by atoms with Gasteiger partial charge >= 0.3 is 5.97 Å². The van der Waals surface area contributed by atoms with Crippen molar-refractivity contribution < 1.29 is 19.4 Å². The molecule has 1 rings (SSSR count). The maximum atomic E-state index is 11.1. The van der Waals surface area contributed by atoms with Gasteiger partial charge in [-0.3, -0.25) is 4.79 Å². The lowest BCUT2D eigenvalue weighted by molar-refractivity contribution is -0.148. The topological polar surface area (TPSA) is 67.8 Å². The lowest BCUT2D eigenvalue weighted by Gasteiger charge is -2.21. The molecule has 2 N–H and O–H groups in total. The van der Waals surface area contributed by atoms with Crippen molar-refractivity contribution in [2.45, 2.75) is 40.3 Å². The van der Waals surface area contributed by atoms with Crippen LogP contribution >= 0.6 is 0 Å². The Hall–Kier alpha value is -1.75. The minimum atomic E-state index is -0.939. The molecule has 21 heavy (non-hydrogen) atoms. The zero-order valence-corrected chi connectivity index (χ0v) is 13.4. The summed E-state index contributed by atoms with van der Waals surface area (Å²) in [6.07, 6.45) is 0. The molecule has 0 aliphatic heterocycles. The Bertz CT molecular complexity index is 483. The van der Waals surface area contributed by atoms with Gasteiger partial charge in [0.05, 0.1) is 12.5 Å². The van der Waals surface area contributed by atoms with E-state index in [0.717, 1.165) is 5.56 Å². The van der Waals surface area contributed by atoms with Gasteiger partial charge in [0, 0.05) is 24.2 Å². The number of carbonyl (C=O) groups is 1. The second kappa shape index (κ2) is 7.31. The van der Waals surface area contributed by atoms with Crippen molar-refractivity contribution in [1.29, 1.82) is 0 Å². The molecule has 5 heteroatoms. The summed E-state index contributed by atoms with van der Waals surface area (Å²) in [4.78, 5) is 11.1. The molecular formula is C16H25NO4. The number of carboxylic acids is 1. The molecule has 0 aliphatic carbocycles. The van der Waals surface area contributed by atoms with E-state index >= 15 is 0 Å². The highest BCUT2D eigenvalue weighted by atomic mass is 16.5. The zero-order valence-electron chi connectivity index (χ0n) is 13.4. The molecule has 5 nitrogen and oxygen atoms in total. The highest BCUT2D eigenvalue weighted by Crippen LogP contribution is 2.27.